The van der Waals surface area contributed by atoms with Gasteiger partial charge in [-0.3, -0.25) is 9.36 Å². The zero-order valence-electron chi connectivity index (χ0n) is 16.3. The Bertz CT molecular complexity index is 1180. The van der Waals surface area contributed by atoms with E-state index in [1.807, 2.05) is 48.2 Å². The summed E-state index contributed by atoms with van der Waals surface area (Å²) in [6, 6.07) is 4.30. The Morgan fingerprint density at radius 1 is 1.04 bits per heavy atom. The third-order valence-corrected chi connectivity index (χ3v) is 5.73. The fourth-order valence-corrected chi connectivity index (χ4v) is 3.97. The number of rotatable bonds is 3. The molecule has 138 valence electrons. The van der Waals surface area contributed by atoms with Crippen LogP contribution in [0.25, 0.3) is 22.6 Å². The third kappa shape index (κ3) is 2.49. The molecule has 0 unspecified atom stereocenters. The first kappa shape index (κ1) is 16.2. The van der Waals surface area contributed by atoms with E-state index in [1.54, 1.807) is 0 Å². The summed E-state index contributed by atoms with van der Waals surface area (Å²) in [6.07, 6.45) is 5.21. The SMILES string of the molecule is Cc1cc(-c2cc([C@H]3C[C@@H]3c3cnn(C)c3)nn2C)nc2c1nc(C)n2C. The van der Waals surface area contributed by atoms with Gasteiger partial charge in [0.25, 0.3) is 0 Å². The summed E-state index contributed by atoms with van der Waals surface area (Å²) < 4.78 is 5.86. The van der Waals surface area contributed by atoms with E-state index in [0.29, 0.717) is 11.8 Å². The number of nitrogens with zero attached hydrogens (tertiary/aromatic N) is 7. The predicted molar refractivity (Wildman–Crippen MR) is 103 cm³/mol. The van der Waals surface area contributed by atoms with E-state index in [0.717, 1.165) is 46.1 Å². The van der Waals surface area contributed by atoms with Crippen molar-refractivity contribution in [1.82, 2.24) is 34.1 Å². The van der Waals surface area contributed by atoms with Crippen LogP contribution in [0.4, 0.5) is 0 Å². The molecule has 1 aliphatic rings. The number of imidazole rings is 1. The van der Waals surface area contributed by atoms with Crippen molar-refractivity contribution in [3.05, 3.63) is 47.2 Å². The Labute approximate surface area is 157 Å². The van der Waals surface area contributed by atoms with Crippen molar-refractivity contribution in [3.8, 4) is 11.4 Å². The van der Waals surface area contributed by atoms with E-state index in [2.05, 4.69) is 35.3 Å². The van der Waals surface area contributed by atoms with Crippen molar-refractivity contribution in [2.45, 2.75) is 32.1 Å². The largest absolute Gasteiger partial charge is 0.316 e. The number of pyridine rings is 1. The van der Waals surface area contributed by atoms with E-state index in [-0.39, 0.29) is 0 Å². The molecule has 1 saturated carbocycles. The molecule has 0 N–H and O–H groups in total. The van der Waals surface area contributed by atoms with Crippen LogP contribution in [0, 0.1) is 13.8 Å². The highest BCUT2D eigenvalue weighted by Crippen LogP contribution is 2.54. The van der Waals surface area contributed by atoms with Gasteiger partial charge in [-0.05, 0) is 49.4 Å². The molecule has 0 radical (unpaired) electrons. The summed E-state index contributed by atoms with van der Waals surface area (Å²) in [5.74, 6) is 1.97. The van der Waals surface area contributed by atoms with Crippen LogP contribution in [0.2, 0.25) is 0 Å². The van der Waals surface area contributed by atoms with E-state index in [4.69, 9.17) is 10.1 Å². The van der Waals surface area contributed by atoms with Gasteiger partial charge in [0, 0.05) is 33.3 Å². The topological polar surface area (TPSA) is 66.3 Å². The molecule has 0 spiro atoms. The second kappa shape index (κ2) is 5.52. The Morgan fingerprint density at radius 3 is 2.59 bits per heavy atom. The second-order valence-corrected chi connectivity index (χ2v) is 7.69. The molecular weight excluding hydrogens is 338 g/mol. The summed E-state index contributed by atoms with van der Waals surface area (Å²) >= 11 is 0. The lowest BCUT2D eigenvalue weighted by Gasteiger charge is -2.04. The number of fused-ring (bicyclic) bond motifs is 1. The van der Waals surface area contributed by atoms with Gasteiger partial charge in [-0.2, -0.15) is 10.2 Å². The lowest BCUT2D eigenvalue weighted by Crippen LogP contribution is -1.98. The van der Waals surface area contributed by atoms with Gasteiger partial charge >= 0.3 is 0 Å². The van der Waals surface area contributed by atoms with E-state index >= 15 is 0 Å². The molecule has 1 fully saturated rings. The minimum atomic E-state index is 0.470. The highest BCUT2D eigenvalue weighted by molar-refractivity contribution is 5.79. The molecule has 0 amide bonds. The van der Waals surface area contributed by atoms with Crippen LogP contribution in [0.5, 0.6) is 0 Å². The molecule has 27 heavy (non-hydrogen) atoms. The molecule has 0 aliphatic heterocycles. The van der Waals surface area contributed by atoms with Crippen LogP contribution in [0.15, 0.2) is 24.5 Å². The van der Waals surface area contributed by atoms with Gasteiger partial charge in [-0.25, -0.2) is 9.97 Å². The normalized spacial score (nSPS) is 19.1. The summed E-state index contributed by atoms with van der Waals surface area (Å²) in [6.45, 7) is 4.10. The fraction of sp³-hybridized carbons (Fsp3) is 0.400. The third-order valence-electron chi connectivity index (χ3n) is 5.73. The number of aryl methyl sites for hydroxylation is 5. The minimum absolute atomic E-state index is 0.470. The molecule has 4 aromatic heterocycles. The van der Waals surface area contributed by atoms with Gasteiger partial charge < -0.3 is 4.57 Å². The standard InChI is InChI=1S/C20H23N7/c1-11-6-17(23-20-19(11)22-12(2)26(20)4)18-8-16(24-27(18)5)15-7-14(15)13-9-21-25(3)10-13/h6,8-10,14-15H,7H2,1-5H3/t14-,15+/m1/s1. The van der Waals surface area contributed by atoms with Gasteiger partial charge in [0.05, 0.1) is 23.3 Å². The maximum absolute atomic E-state index is 4.89. The molecule has 1 aliphatic carbocycles. The highest BCUT2D eigenvalue weighted by atomic mass is 15.3. The quantitative estimate of drug-likeness (QED) is 0.563. The van der Waals surface area contributed by atoms with Crippen molar-refractivity contribution in [3.63, 3.8) is 0 Å². The first-order chi connectivity index (χ1) is 12.9. The zero-order chi connectivity index (χ0) is 18.9. The molecule has 4 heterocycles. The molecule has 2 atom stereocenters. The van der Waals surface area contributed by atoms with Crippen LogP contribution >= 0.6 is 0 Å². The predicted octanol–water partition coefficient (Wildman–Crippen LogP) is 2.99. The second-order valence-electron chi connectivity index (χ2n) is 7.69. The average molecular weight is 361 g/mol. The number of aromatic nitrogens is 7. The minimum Gasteiger partial charge on any atom is -0.316 e. The lowest BCUT2D eigenvalue weighted by molar-refractivity contribution is 0.745. The average Bonchev–Trinajstić information content (AvgIpc) is 3.01. The molecular formula is C20H23N7. The summed E-state index contributed by atoms with van der Waals surface area (Å²) in [7, 11) is 5.97. The van der Waals surface area contributed by atoms with E-state index < -0.39 is 0 Å². The first-order valence-electron chi connectivity index (χ1n) is 9.26. The van der Waals surface area contributed by atoms with Crippen LogP contribution < -0.4 is 0 Å². The fourth-order valence-electron chi connectivity index (χ4n) is 3.97. The van der Waals surface area contributed by atoms with Crippen LogP contribution in [-0.4, -0.2) is 34.1 Å². The Hall–Kier alpha value is -2.96. The molecule has 4 aromatic rings. The van der Waals surface area contributed by atoms with E-state index in [9.17, 15) is 0 Å². The van der Waals surface area contributed by atoms with Crippen molar-refractivity contribution in [1.29, 1.82) is 0 Å². The molecule has 7 heteroatoms. The summed E-state index contributed by atoms with van der Waals surface area (Å²) in [5, 5.41) is 9.09. The van der Waals surface area contributed by atoms with Crippen molar-refractivity contribution in [2.24, 2.45) is 21.1 Å². The molecule has 0 saturated heterocycles. The van der Waals surface area contributed by atoms with Gasteiger partial charge in [-0.15, -0.1) is 0 Å². The maximum atomic E-state index is 4.89. The van der Waals surface area contributed by atoms with Crippen LogP contribution in [-0.2, 0) is 21.1 Å². The molecule has 7 nitrogen and oxygen atoms in total. The molecule has 0 bridgehead atoms. The van der Waals surface area contributed by atoms with Gasteiger partial charge in [0.2, 0.25) is 0 Å². The van der Waals surface area contributed by atoms with Crippen molar-refractivity contribution < 1.29 is 0 Å². The number of hydrogen-bond acceptors (Lipinski definition) is 4. The maximum Gasteiger partial charge on any atom is 0.160 e. The lowest BCUT2D eigenvalue weighted by atomic mass is 10.1. The zero-order valence-corrected chi connectivity index (χ0v) is 16.3. The van der Waals surface area contributed by atoms with Crippen LogP contribution in [0.1, 0.15) is 40.9 Å². The summed E-state index contributed by atoms with van der Waals surface area (Å²) in [5.41, 5.74) is 7.47. The van der Waals surface area contributed by atoms with Crippen molar-refractivity contribution in [2.75, 3.05) is 0 Å². The van der Waals surface area contributed by atoms with Gasteiger partial charge in [0.15, 0.2) is 5.65 Å². The Kier molecular flexibility index (Phi) is 3.32. The van der Waals surface area contributed by atoms with Crippen LogP contribution in [0.3, 0.4) is 0 Å². The smallest absolute Gasteiger partial charge is 0.160 e. The molecule has 5 rings (SSSR count). The number of hydrogen-bond donors (Lipinski definition) is 0. The highest BCUT2D eigenvalue weighted by Gasteiger charge is 2.42. The first-order valence-corrected chi connectivity index (χ1v) is 9.26. The summed E-state index contributed by atoms with van der Waals surface area (Å²) in [4.78, 5) is 9.52. The van der Waals surface area contributed by atoms with E-state index in [1.165, 1.54) is 5.56 Å². The Morgan fingerprint density at radius 2 is 1.85 bits per heavy atom. The monoisotopic (exact) mass is 361 g/mol. The van der Waals surface area contributed by atoms with Gasteiger partial charge in [-0.1, -0.05) is 0 Å². The van der Waals surface area contributed by atoms with Crippen molar-refractivity contribution >= 4 is 11.2 Å². The van der Waals surface area contributed by atoms with Gasteiger partial charge in [0.1, 0.15) is 11.3 Å². The Balaban J connectivity index is 1.52. The molecule has 0 aromatic carbocycles.